The molecule has 0 aromatic heterocycles. The lowest BCUT2D eigenvalue weighted by Gasteiger charge is -2.06. The number of carbonyl (C=O) groups is 1. The average molecular weight is 337 g/mol. The van der Waals surface area contributed by atoms with Crippen LogP contribution in [0.4, 0.5) is 4.39 Å². The van der Waals surface area contributed by atoms with Crippen LogP contribution in [-0.4, -0.2) is 12.6 Å². The molecule has 22 heavy (non-hydrogen) atoms. The summed E-state index contributed by atoms with van der Waals surface area (Å²) < 4.78 is 18.3. The lowest BCUT2D eigenvalue weighted by molar-refractivity contribution is -0.137. The third-order valence-corrected chi connectivity index (χ3v) is 4.05. The molecule has 0 radical (unpaired) electrons. The zero-order valence-corrected chi connectivity index (χ0v) is 13.5. The topological polar surface area (TPSA) is 26.3 Å². The van der Waals surface area contributed by atoms with Crippen molar-refractivity contribution in [3.05, 3.63) is 64.9 Å². The number of rotatable bonds is 5. The minimum Gasteiger partial charge on any atom is -0.463 e. The molecule has 0 bridgehead atoms. The third kappa shape index (κ3) is 4.90. The van der Waals surface area contributed by atoms with Gasteiger partial charge < -0.3 is 4.74 Å². The summed E-state index contributed by atoms with van der Waals surface area (Å²) in [6, 6.07) is 11.8. The molecule has 0 atom stereocenters. The Labute approximate surface area is 137 Å². The van der Waals surface area contributed by atoms with Crippen LogP contribution < -0.4 is 0 Å². The molecule has 0 N–H and O–H groups in total. The fraction of sp³-hybridized carbons (Fsp3) is 0.118. The van der Waals surface area contributed by atoms with Gasteiger partial charge in [-0.05, 0) is 61.0 Å². The summed E-state index contributed by atoms with van der Waals surface area (Å²) >= 11 is 7.33. The third-order valence-electron chi connectivity index (χ3n) is 2.70. The minimum atomic E-state index is -0.450. The Hall–Kier alpha value is -1.78. The van der Waals surface area contributed by atoms with Gasteiger partial charge in [-0.15, -0.1) is 0 Å². The molecule has 0 fully saturated rings. The number of ether oxygens (including phenoxy) is 1. The molecule has 5 heteroatoms. The zero-order chi connectivity index (χ0) is 15.9. The summed E-state index contributed by atoms with van der Waals surface area (Å²) in [4.78, 5) is 13.2. The van der Waals surface area contributed by atoms with Crippen molar-refractivity contribution in [3.8, 4) is 0 Å². The molecule has 0 saturated carbocycles. The van der Waals surface area contributed by atoms with E-state index in [-0.39, 0.29) is 5.82 Å². The Bertz CT molecular complexity index is 684. The molecule has 114 valence electrons. The SMILES string of the molecule is CCOC(=O)/C=C/c1cc(F)ccc1Sc1ccc(Cl)cc1. The Kier molecular flexibility index (Phi) is 6.04. The van der Waals surface area contributed by atoms with Crippen LogP contribution in [0.25, 0.3) is 6.08 Å². The molecular weight excluding hydrogens is 323 g/mol. The quantitative estimate of drug-likeness (QED) is 0.554. The van der Waals surface area contributed by atoms with E-state index in [0.29, 0.717) is 17.2 Å². The van der Waals surface area contributed by atoms with Gasteiger partial charge in [0.25, 0.3) is 0 Å². The summed E-state index contributed by atoms with van der Waals surface area (Å²) in [6.07, 6.45) is 2.85. The number of hydrogen-bond acceptors (Lipinski definition) is 3. The van der Waals surface area contributed by atoms with E-state index in [1.807, 2.05) is 12.1 Å². The molecule has 0 aliphatic carbocycles. The first-order chi connectivity index (χ1) is 10.6. The Morgan fingerprint density at radius 1 is 1.27 bits per heavy atom. The van der Waals surface area contributed by atoms with Crippen LogP contribution in [0.5, 0.6) is 0 Å². The van der Waals surface area contributed by atoms with Crippen LogP contribution in [0.3, 0.4) is 0 Å². The van der Waals surface area contributed by atoms with Crippen molar-refractivity contribution in [1.82, 2.24) is 0 Å². The van der Waals surface area contributed by atoms with Gasteiger partial charge in [0.15, 0.2) is 0 Å². The highest BCUT2D eigenvalue weighted by molar-refractivity contribution is 7.99. The maximum absolute atomic E-state index is 13.4. The van der Waals surface area contributed by atoms with Crippen molar-refractivity contribution in [2.75, 3.05) is 6.61 Å². The zero-order valence-electron chi connectivity index (χ0n) is 11.9. The van der Waals surface area contributed by atoms with Gasteiger partial charge in [-0.1, -0.05) is 23.4 Å². The fourth-order valence-corrected chi connectivity index (χ4v) is 2.75. The number of benzene rings is 2. The fourth-order valence-electron chi connectivity index (χ4n) is 1.72. The summed E-state index contributed by atoms with van der Waals surface area (Å²) in [6.45, 7) is 2.04. The van der Waals surface area contributed by atoms with Crippen LogP contribution >= 0.6 is 23.4 Å². The van der Waals surface area contributed by atoms with Crippen LogP contribution in [0.15, 0.2) is 58.3 Å². The molecule has 0 saturated heterocycles. The van der Waals surface area contributed by atoms with E-state index in [1.54, 1.807) is 31.2 Å². The van der Waals surface area contributed by atoms with Crippen LogP contribution in [0, 0.1) is 5.82 Å². The predicted octanol–water partition coefficient (Wildman–Crippen LogP) is 5.21. The van der Waals surface area contributed by atoms with Crippen LogP contribution in [0.1, 0.15) is 12.5 Å². The van der Waals surface area contributed by atoms with Crippen molar-refractivity contribution in [2.45, 2.75) is 16.7 Å². The number of hydrogen-bond donors (Lipinski definition) is 0. The second-order valence-corrected chi connectivity index (χ2v) is 5.88. The van der Waals surface area contributed by atoms with E-state index >= 15 is 0 Å². The molecule has 0 aliphatic rings. The summed E-state index contributed by atoms with van der Waals surface area (Å²) in [5, 5.41) is 0.658. The first kappa shape index (κ1) is 16.6. The molecule has 0 amide bonds. The van der Waals surface area contributed by atoms with E-state index in [0.717, 1.165) is 9.79 Å². The molecule has 2 nitrogen and oxygen atoms in total. The molecule has 2 rings (SSSR count). The molecule has 0 heterocycles. The second kappa shape index (κ2) is 8.01. The molecular formula is C17H14ClFO2S. The molecule has 0 unspecified atom stereocenters. The molecule has 0 aliphatic heterocycles. The summed E-state index contributed by atoms with van der Waals surface area (Å²) in [7, 11) is 0. The number of halogens is 2. The standard InChI is InChI=1S/C17H14ClFO2S/c1-2-21-17(20)10-3-12-11-14(19)6-9-16(12)22-15-7-4-13(18)5-8-15/h3-11H,2H2,1H3/b10-3+. The van der Waals surface area contributed by atoms with Gasteiger partial charge in [0.05, 0.1) is 6.61 Å². The van der Waals surface area contributed by atoms with Crippen molar-refractivity contribution < 1.29 is 13.9 Å². The van der Waals surface area contributed by atoms with Crippen molar-refractivity contribution in [1.29, 1.82) is 0 Å². The summed E-state index contributed by atoms with van der Waals surface area (Å²) in [5.41, 5.74) is 0.619. The van der Waals surface area contributed by atoms with Crippen molar-refractivity contribution >= 4 is 35.4 Å². The van der Waals surface area contributed by atoms with Gasteiger partial charge in [0, 0.05) is 20.9 Å². The molecule has 0 spiro atoms. The highest BCUT2D eigenvalue weighted by Crippen LogP contribution is 2.32. The van der Waals surface area contributed by atoms with Crippen molar-refractivity contribution in [3.63, 3.8) is 0 Å². The normalized spacial score (nSPS) is 10.9. The lowest BCUT2D eigenvalue weighted by atomic mass is 10.2. The van der Waals surface area contributed by atoms with Crippen LogP contribution in [0.2, 0.25) is 5.02 Å². The van der Waals surface area contributed by atoms with E-state index in [9.17, 15) is 9.18 Å². The van der Waals surface area contributed by atoms with Gasteiger partial charge in [0.2, 0.25) is 0 Å². The van der Waals surface area contributed by atoms with Gasteiger partial charge in [0.1, 0.15) is 5.82 Å². The molecule has 2 aromatic rings. The Morgan fingerprint density at radius 3 is 2.68 bits per heavy atom. The van der Waals surface area contributed by atoms with E-state index < -0.39 is 5.97 Å². The minimum absolute atomic E-state index is 0.304. The monoisotopic (exact) mass is 336 g/mol. The summed E-state index contributed by atoms with van der Waals surface area (Å²) in [5.74, 6) is -0.807. The first-order valence-corrected chi connectivity index (χ1v) is 7.85. The van der Waals surface area contributed by atoms with E-state index in [4.69, 9.17) is 16.3 Å². The maximum atomic E-state index is 13.4. The average Bonchev–Trinajstić information content (AvgIpc) is 2.50. The Morgan fingerprint density at radius 2 is 2.00 bits per heavy atom. The van der Waals surface area contributed by atoms with Gasteiger partial charge >= 0.3 is 5.97 Å². The highest BCUT2D eigenvalue weighted by Gasteiger charge is 2.05. The van der Waals surface area contributed by atoms with Gasteiger partial charge in [-0.25, -0.2) is 9.18 Å². The van der Waals surface area contributed by atoms with Gasteiger partial charge in [-0.2, -0.15) is 0 Å². The van der Waals surface area contributed by atoms with E-state index in [2.05, 4.69) is 0 Å². The van der Waals surface area contributed by atoms with Crippen molar-refractivity contribution in [2.24, 2.45) is 0 Å². The second-order valence-electron chi connectivity index (χ2n) is 4.32. The highest BCUT2D eigenvalue weighted by atomic mass is 35.5. The number of esters is 1. The Balaban J connectivity index is 2.23. The van der Waals surface area contributed by atoms with Gasteiger partial charge in [-0.3, -0.25) is 0 Å². The first-order valence-electron chi connectivity index (χ1n) is 6.66. The predicted molar refractivity (Wildman–Crippen MR) is 87.6 cm³/mol. The largest absolute Gasteiger partial charge is 0.463 e. The lowest BCUT2D eigenvalue weighted by Crippen LogP contribution is -1.98. The smallest absolute Gasteiger partial charge is 0.330 e. The van der Waals surface area contributed by atoms with Crippen LogP contribution in [-0.2, 0) is 9.53 Å². The number of carbonyl (C=O) groups excluding carboxylic acids is 1. The van der Waals surface area contributed by atoms with E-state index in [1.165, 1.54) is 30.0 Å². The molecule has 2 aromatic carbocycles. The maximum Gasteiger partial charge on any atom is 0.330 e.